The predicted molar refractivity (Wildman–Crippen MR) is 131 cm³/mol. The Balaban J connectivity index is 1.63. The maximum Gasteiger partial charge on any atom is 0.314 e. The summed E-state index contributed by atoms with van der Waals surface area (Å²) in [6, 6.07) is 12.3. The van der Waals surface area contributed by atoms with Crippen LogP contribution in [0.3, 0.4) is 0 Å². The number of amides is 5. The van der Waals surface area contributed by atoms with Gasteiger partial charge in [0.2, 0.25) is 11.8 Å². The van der Waals surface area contributed by atoms with E-state index < -0.39 is 12.1 Å². The zero-order chi connectivity index (χ0) is 24.5. The molecule has 1 aliphatic heterocycles. The minimum atomic E-state index is -0.652. The fourth-order valence-electron chi connectivity index (χ4n) is 3.59. The van der Waals surface area contributed by atoms with Gasteiger partial charge in [0.05, 0.1) is 6.04 Å². The van der Waals surface area contributed by atoms with E-state index >= 15 is 0 Å². The third kappa shape index (κ3) is 7.21. The molecule has 0 spiro atoms. The van der Waals surface area contributed by atoms with Gasteiger partial charge in [-0.25, -0.2) is 4.79 Å². The van der Waals surface area contributed by atoms with E-state index in [9.17, 15) is 19.2 Å². The smallest absolute Gasteiger partial charge is 0.314 e. The van der Waals surface area contributed by atoms with Crippen LogP contribution < -0.4 is 26.2 Å². The topological polar surface area (TPSA) is 120 Å². The van der Waals surface area contributed by atoms with Gasteiger partial charge in [0, 0.05) is 54.9 Å². The molecule has 1 fully saturated rings. The summed E-state index contributed by atoms with van der Waals surface area (Å²) in [6.07, 6.45) is 2.32. The number of anilines is 2. The Morgan fingerprint density at radius 1 is 1.03 bits per heavy atom. The van der Waals surface area contributed by atoms with E-state index in [0.717, 1.165) is 18.5 Å². The van der Waals surface area contributed by atoms with Gasteiger partial charge >= 0.3 is 6.03 Å². The third-order valence-electron chi connectivity index (χ3n) is 5.40. The Bertz CT molecular complexity index is 1030. The van der Waals surface area contributed by atoms with Crippen molar-refractivity contribution in [2.45, 2.75) is 31.7 Å². The van der Waals surface area contributed by atoms with Crippen LogP contribution in [0.1, 0.15) is 36.0 Å². The van der Waals surface area contributed by atoms with Gasteiger partial charge < -0.3 is 26.2 Å². The number of halogens is 1. The Labute approximate surface area is 203 Å². The van der Waals surface area contributed by atoms with Crippen LogP contribution in [0.2, 0.25) is 5.02 Å². The largest absolute Gasteiger partial charge is 0.347 e. The molecule has 1 unspecified atom stereocenters. The first-order valence-electron chi connectivity index (χ1n) is 11.1. The molecule has 2 aromatic rings. The van der Waals surface area contributed by atoms with Crippen molar-refractivity contribution >= 4 is 46.7 Å². The van der Waals surface area contributed by atoms with Crippen LogP contribution in [0.5, 0.6) is 0 Å². The van der Waals surface area contributed by atoms with E-state index in [0.29, 0.717) is 29.2 Å². The number of hydrogen-bond donors (Lipinski definition) is 4. The summed E-state index contributed by atoms with van der Waals surface area (Å²) in [5.74, 6) is -0.639. The van der Waals surface area contributed by atoms with Crippen molar-refractivity contribution in [1.29, 1.82) is 0 Å². The van der Waals surface area contributed by atoms with Crippen LogP contribution in [0.15, 0.2) is 48.5 Å². The highest BCUT2D eigenvalue weighted by Crippen LogP contribution is 2.21. The number of carbonyl (C=O) groups is 4. The molecule has 0 saturated carbocycles. The molecule has 180 valence electrons. The van der Waals surface area contributed by atoms with Gasteiger partial charge in [-0.3, -0.25) is 14.4 Å². The first kappa shape index (κ1) is 25.0. The van der Waals surface area contributed by atoms with E-state index in [4.69, 9.17) is 11.6 Å². The van der Waals surface area contributed by atoms with Crippen molar-refractivity contribution in [2.75, 3.05) is 30.4 Å². The fraction of sp³-hybridized carbons (Fsp3) is 0.333. The second-order valence-corrected chi connectivity index (χ2v) is 8.38. The van der Waals surface area contributed by atoms with Crippen molar-refractivity contribution in [3.05, 3.63) is 59.1 Å². The van der Waals surface area contributed by atoms with Gasteiger partial charge in [0.1, 0.15) is 0 Å². The second kappa shape index (κ2) is 12.0. The van der Waals surface area contributed by atoms with E-state index in [1.165, 1.54) is 7.05 Å². The predicted octanol–water partition coefficient (Wildman–Crippen LogP) is 2.91. The molecule has 1 saturated heterocycles. The van der Waals surface area contributed by atoms with Crippen LogP contribution >= 0.6 is 11.6 Å². The highest BCUT2D eigenvalue weighted by atomic mass is 35.5. The molecule has 2 aromatic carbocycles. The molecule has 5 amide bonds. The Kier molecular flexibility index (Phi) is 8.86. The van der Waals surface area contributed by atoms with Crippen molar-refractivity contribution in [3.8, 4) is 0 Å². The first-order valence-corrected chi connectivity index (χ1v) is 11.5. The standard InChI is InChI=1S/C24H28ClN5O4/c1-26-24(34)27-15-19(14-21(31)28-18-9-7-17(25)8-10-18)29-23(33)16-5-11-20(12-6-16)30-13-3-2-4-22(30)32/h5-12,19H,2-4,13-15H2,1H3,(H,28,31)(H,29,33)(H2,26,27,34). The lowest BCUT2D eigenvalue weighted by Crippen LogP contribution is -2.47. The number of rotatable bonds is 8. The van der Waals surface area contributed by atoms with Crippen LogP contribution in [-0.2, 0) is 9.59 Å². The highest BCUT2D eigenvalue weighted by Gasteiger charge is 2.21. The molecular weight excluding hydrogens is 458 g/mol. The average molecular weight is 486 g/mol. The summed E-state index contributed by atoms with van der Waals surface area (Å²) in [5, 5.41) is 11.2. The second-order valence-electron chi connectivity index (χ2n) is 7.94. The summed E-state index contributed by atoms with van der Waals surface area (Å²) in [7, 11) is 1.48. The monoisotopic (exact) mass is 485 g/mol. The van der Waals surface area contributed by atoms with Crippen LogP contribution in [0, 0.1) is 0 Å². The van der Waals surface area contributed by atoms with E-state index in [1.807, 2.05) is 0 Å². The summed E-state index contributed by atoms with van der Waals surface area (Å²) >= 11 is 5.87. The molecule has 0 radical (unpaired) electrons. The highest BCUT2D eigenvalue weighted by molar-refractivity contribution is 6.30. The first-order chi connectivity index (χ1) is 16.4. The fourth-order valence-corrected chi connectivity index (χ4v) is 3.71. The van der Waals surface area contributed by atoms with Crippen molar-refractivity contribution in [3.63, 3.8) is 0 Å². The van der Waals surface area contributed by atoms with Crippen LogP contribution in [-0.4, -0.2) is 49.9 Å². The zero-order valence-electron chi connectivity index (χ0n) is 18.9. The molecule has 1 atom stereocenters. The summed E-state index contributed by atoms with van der Waals surface area (Å²) in [6.45, 7) is 0.722. The molecule has 9 nitrogen and oxygen atoms in total. The number of hydrogen-bond acceptors (Lipinski definition) is 4. The van der Waals surface area contributed by atoms with Crippen molar-refractivity contribution < 1.29 is 19.2 Å². The van der Waals surface area contributed by atoms with Crippen molar-refractivity contribution in [2.24, 2.45) is 0 Å². The molecule has 1 heterocycles. The number of urea groups is 1. The normalized spacial score (nSPS) is 14.2. The third-order valence-corrected chi connectivity index (χ3v) is 5.65. The lowest BCUT2D eigenvalue weighted by Gasteiger charge is -2.27. The zero-order valence-corrected chi connectivity index (χ0v) is 19.7. The number of piperidine rings is 1. The molecule has 0 bridgehead atoms. The molecule has 4 N–H and O–H groups in total. The van der Waals surface area contributed by atoms with Gasteiger partial charge in [-0.2, -0.15) is 0 Å². The Morgan fingerprint density at radius 2 is 1.74 bits per heavy atom. The summed E-state index contributed by atoms with van der Waals surface area (Å²) < 4.78 is 0. The van der Waals surface area contributed by atoms with E-state index in [-0.39, 0.29) is 30.7 Å². The quantitative estimate of drug-likeness (QED) is 0.459. The van der Waals surface area contributed by atoms with Crippen LogP contribution in [0.4, 0.5) is 16.2 Å². The molecule has 0 aromatic heterocycles. The lowest BCUT2D eigenvalue weighted by atomic mass is 10.1. The average Bonchev–Trinajstić information content (AvgIpc) is 2.84. The molecule has 1 aliphatic rings. The number of nitrogens with one attached hydrogen (secondary N) is 4. The van der Waals surface area contributed by atoms with Gasteiger partial charge in [-0.1, -0.05) is 11.6 Å². The number of benzene rings is 2. The maximum absolute atomic E-state index is 12.8. The van der Waals surface area contributed by atoms with Gasteiger partial charge in [0.25, 0.3) is 5.91 Å². The van der Waals surface area contributed by atoms with E-state index in [2.05, 4.69) is 21.3 Å². The Hall–Kier alpha value is -3.59. The number of nitrogens with zero attached hydrogens (tertiary/aromatic N) is 1. The number of carbonyl (C=O) groups excluding carboxylic acids is 4. The summed E-state index contributed by atoms with van der Waals surface area (Å²) in [4.78, 5) is 50.8. The Morgan fingerprint density at radius 3 is 2.38 bits per heavy atom. The molecule has 0 aliphatic carbocycles. The SMILES string of the molecule is CNC(=O)NCC(CC(=O)Nc1ccc(Cl)cc1)NC(=O)c1ccc(N2CCCCC2=O)cc1. The van der Waals surface area contributed by atoms with Crippen LogP contribution in [0.25, 0.3) is 0 Å². The summed E-state index contributed by atoms with van der Waals surface area (Å²) in [5.41, 5.74) is 1.71. The molecular formula is C24H28ClN5O4. The molecule has 10 heteroatoms. The lowest BCUT2D eigenvalue weighted by molar-refractivity contribution is -0.119. The molecule has 3 rings (SSSR count). The van der Waals surface area contributed by atoms with Gasteiger partial charge in [-0.05, 0) is 61.4 Å². The van der Waals surface area contributed by atoms with Gasteiger partial charge in [-0.15, -0.1) is 0 Å². The van der Waals surface area contributed by atoms with E-state index in [1.54, 1.807) is 53.4 Å². The van der Waals surface area contributed by atoms with Crippen molar-refractivity contribution in [1.82, 2.24) is 16.0 Å². The minimum Gasteiger partial charge on any atom is -0.347 e. The minimum absolute atomic E-state index is 0.0554. The van der Waals surface area contributed by atoms with Gasteiger partial charge in [0.15, 0.2) is 0 Å². The molecule has 34 heavy (non-hydrogen) atoms. The maximum atomic E-state index is 12.8.